The van der Waals surface area contributed by atoms with Crippen molar-refractivity contribution in [3.63, 3.8) is 0 Å². The first-order valence-electron chi connectivity index (χ1n) is 12.9. The van der Waals surface area contributed by atoms with E-state index in [1.165, 1.54) is 5.56 Å². The number of hydrogen-bond acceptors (Lipinski definition) is 5. The van der Waals surface area contributed by atoms with Crippen LogP contribution >= 0.6 is 0 Å². The Hall–Kier alpha value is -3.00. The van der Waals surface area contributed by atoms with Gasteiger partial charge in [-0.15, -0.1) is 0 Å². The van der Waals surface area contributed by atoms with Crippen LogP contribution in [0.4, 0.5) is 4.39 Å². The molecule has 3 aromatic rings. The summed E-state index contributed by atoms with van der Waals surface area (Å²) in [4.78, 5) is 18.1. The molecule has 0 spiro atoms. The molecule has 8 heteroatoms. The number of nitrogens with zero attached hydrogens (tertiary/aromatic N) is 3. The van der Waals surface area contributed by atoms with Gasteiger partial charge in [-0.3, -0.25) is 14.9 Å². The lowest BCUT2D eigenvalue weighted by Crippen LogP contribution is -2.41. The van der Waals surface area contributed by atoms with E-state index in [4.69, 9.17) is 4.74 Å². The summed E-state index contributed by atoms with van der Waals surface area (Å²) in [5, 5.41) is 17.2. The van der Waals surface area contributed by atoms with Crippen molar-refractivity contribution in [2.75, 3.05) is 26.7 Å². The number of fused-ring (bicyclic) bond motifs is 1. The first-order valence-corrected chi connectivity index (χ1v) is 12.9. The van der Waals surface area contributed by atoms with Gasteiger partial charge in [-0.25, -0.2) is 4.39 Å². The van der Waals surface area contributed by atoms with Gasteiger partial charge >= 0.3 is 5.97 Å². The first kappa shape index (κ1) is 26.1. The van der Waals surface area contributed by atoms with E-state index in [9.17, 15) is 9.90 Å². The number of aromatic nitrogens is 3. The molecule has 1 aliphatic heterocycles. The summed E-state index contributed by atoms with van der Waals surface area (Å²) in [6, 6.07) is 7.31. The third-order valence-corrected chi connectivity index (χ3v) is 7.67. The lowest BCUT2D eigenvalue weighted by Gasteiger charge is -2.39. The molecule has 2 N–H and O–H groups in total. The molecule has 0 radical (unpaired) electrons. The third-order valence-electron chi connectivity index (χ3n) is 7.67. The lowest BCUT2D eigenvalue weighted by molar-refractivity contribution is -0.137. The number of carboxylic acid groups (broad SMARTS) is 1. The van der Waals surface area contributed by atoms with Crippen molar-refractivity contribution in [1.29, 1.82) is 0 Å². The summed E-state index contributed by atoms with van der Waals surface area (Å²) in [7, 11) is 1.60. The van der Waals surface area contributed by atoms with Gasteiger partial charge in [-0.05, 0) is 106 Å². The van der Waals surface area contributed by atoms with Crippen LogP contribution in [-0.2, 0) is 11.2 Å². The van der Waals surface area contributed by atoms with Gasteiger partial charge in [-0.1, -0.05) is 0 Å². The second-order valence-electron chi connectivity index (χ2n) is 9.99. The number of aryl methyl sites for hydroxylation is 2. The van der Waals surface area contributed by atoms with Gasteiger partial charge in [0.05, 0.1) is 18.8 Å². The zero-order valence-electron chi connectivity index (χ0n) is 21.3. The number of carboxylic acids is 1. The number of aromatic amines is 1. The van der Waals surface area contributed by atoms with E-state index in [2.05, 4.69) is 20.1 Å². The Kier molecular flexibility index (Phi) is 8.91. The Morgan fingerprint density at radius 3 is 2.92 bits per heavy atom. The number of piperidine rings is 1. The molecule has 3 heterocycles. The van der Waals surface area contributed by atoms with E-state index in [-0.39, 0.29) is 12.3 Å². The number of ether oxygens (including phenoxy) is 1. The van der Waals surface area contributed by atoms with Crippen molar-refractivity contribution in [2.45, 2.75) is 58.0 Å². The highest BCUT2D eigenvalue weighted by molar-refractivity contribution is 5.83. The van der Waals surface area contributed by atoms with Gasteiger partial charge in [0.25, 0.3) is 0 Å². The van der Waals surface area contributed by atoms with Gasteiger partial charge in [0.15, 0.2) is 0 Å². The minimum Gasteiger partial charge on any atom is -0.497 e. The Morgan fingerprint density at radius 1 is 1.31 bits per heavy atom. The molecule has 4 rings (SSSR count). The maximum absolute atomic E-state index is 15.5. The summed E-state index contributed by atoms with van der Waals surface area (Å²) in [5.41, 5.74) is 3.78. The first-order chi connectivity index (χ1) is 17.4. The van der Waals surface area contributed by atoms with Crippen molar-refractivity contribution >= 4 is 16.9 Å². The van der Waals surface area contributed by atoms with Crippen LogP contribution in [0.1, 0.15) is 61.5 Å². The molecule has 3 atom stereocenters. The normalized spacial score (nSPS) is 19.4. The van der Waals surface area contributed by atoms with E-state index in [1.54, 1.807) is 19.4 Å². The molecule has 1 aliphatic rings. The second-order valence-corrected chi connectivity index (χ2v) is 9.99. The molecule has 36 heavy (non-hydrogen) atoms. The van der Waals surface area contributed by atoms with Crippen LogP contribution < -0.4 is 4.74 Å². The van der Waals surface area contributed by atoms with Crippen LogP contribution in [0, 0.1) is 18.8 Å². The fourth-order valence-corrected chi connectivity index (χ4v) is 5.56. The predicted octanol–water partition coefficient (Wildman–Crippen LogP) is 5.50. The number of nitrogens with one attached hydrogen (secondary N) is 1. The molecule has 1 fully saturated rings. The van der Waals surface area contributed by atoms with Gasteiger partial charge in [0, 0.05) is 30.2 Å². The molecule has 7 nitrogen and oxygen atoms in total. The second kappa shape index (κ2) is 12.3. The highest BCUT2D eigenvalue weighted by Crippen LogP contribution is 2.36. The zero-order valence-corrected chi connectivity index (χ0v) is 21.3. The fourth-order valence-electron chi connectivity index (χ4n) is 5.56. The Bertz CT molecular complexity index is 1150. The monoisotopic (exact) mass is 496 g/mol. The number of methoxy groups -OCH3 is 1. The number of carbonyl (C=O) groups is 1. The van der Waals surface area contributed by atoms with Crippen molar-refractivity contribution < 1.29 is 19.0 Å². The summed E-state index contributed by atoms with van der Waals surface area (Å²) >= 11 is 0. The average Bonchev–Trinajstić information content (AvgIpc) is 3.30. The SMILES string of the molecule is COc1ccc2nccc([C@H](F)CC[C@@H]3CCN(CCCc4cn[nH]c4C)C[C@H]3CCC(=O)O)c2c1. The van der Waals surface area contributed by atoms with Crippen molar-refractivity contribution in [3.8, 4) is 5.75 Å². The van der Waals surface area contributed by atoms with Crippen molar-refractivity contribution in [2.24, 2.45) is 11.8 Å². The number of H-pyrrole nitrogens is 1. The summed E-state index contributed by atoms with van der Waals surface area (Å²) in [6.45, 7) is 4.89. The van der Waals surface area contributed by atoms with E-state index in [0.29, 0.717) is 30.1 Å². The average molecular weight is 497 g/mol. The smallest absolute Gasteiger partial charge is 0.303 e. The van der Waals surface area contributed by atoms with E-state index >= 15 is 4.39 Å². The number of halogens is 1. The highest BCUT2D eigenvalue weighted by Gasteiger charge is 2.30. The van der Waals surface area contributed by atoms with E-state index in [0.717, 1.165) is 61.9 Å². The largest absolute Gasteiger partial charge is 0.497 e. The minimum atomic E-state index is -1.10. The maximum Gasteiger partial charge on any atom is 0.303 e. The molecule has 194 valence electrons. The third kappa shape index (κ3) is 6.60. The maximum atomic E-state index is 15.5. The Labute approximate surface area is 212 Å². The number of benzene rings is 1. The number of hydrogen-bond donors (Lipinski definition) is 2. The zero-order chi connectivity index (χ0) is 25.5. The highest BCUT2D eigenvalue weighted by atomic mass is 19.1. The van der Waals surface area contributed by atoms with Crippen LogP contribution in [-0.4, -0.2) is 57.9 Å². The number of alkyl halides is 1. The molecular weight excluding hydrogens is 459 g/mol. The van der Waals surface area contributed by atoms with Gasteiger partial charge in [0.2, 0.25) is 0 Å². The van der Waals surface area contributed by atoms with Crippen LogP contribution in [0.15, 0.2) is 36.7 Å². The quantitative estimate of drug-likeness (QED) is 0.344. The molecule has 0 saturated carbocycles. The van der Waals surface area contributed by atoms with Gasteiger partial charge < -0.3 is 14.7 Å². The van der Waals surface area contributed by atoms with Crippen molar-refractivity contribution in [3.05, 3.63) is 53.5 Å². The molecule has 2 aromatic heterocycles. The Morgan fingerprint density at radius 2 is 2.17 bits per heavy atom. The van der Waals surface area contributed by atoms with E-state index in [1.807, 2.05) is 31.3 Å². The summed E-state index contributed by atoms with van der Waals surface area (Å²) in [6.07, 6.45) is 7.44. The molecule has 0 bridgehead atoms. The fraction of sp³-hybridized carbons (Fsp3) is 0.536. The van der Waals surface area contributed by atoms with Gasteiger partial charge in [0.1, 0.15) is 11.9 Å². The van der Waals surface area contributed by atoms with Crippen LogP contribution in [0.25, 0.3) is 10.9 Å². The number of likely N-dealkylation sites (tertiary alicyclic amines) is 1. The van der Waals surface area contributed by atoms with Crippen molar-refractivity contribution in [1.82, 2.24) is 20.1 Å². The van der Waals surface area contributed by atoms with E-state index < -0.39 is 12.1 Å². The standard InChI is InChI=1S/C28H37FN4O3/c1-19-21(17-31-32-19)4-3-14-33-15-12-20(22(18-33)6-10-28(34)35)5-8-26(29)24-11-13-30-27-9-7-23(36-2)16-25(24)27/h7,9,11,13,16-17,20,22,26H,3-6,8,10,12,14-15,18H2,1-2H3,(H,31,32)(H,34,35)/t20-,22-,26-/m1/s1. The molecule has 0 aliphatic carbocycles. The molecule has 1 aromatic carbocycles. The number of aliphatic carboxylic acids is 1. The molecule has 0 amide bonds. The summed E-state index contributed by atoms with van der Waals surface area (Å²) in [5.74, 6) is 0.527. The molecular formula is C28H37FN4O3. The predicted molar refractivity (Wildman–Crippen MR) is 138 cm³/mol. The molecule has 1 saturated heterocycles. The number of pyridine rings is 1. The lowest BCUT2D eigenvalue weighted by atomic mass is 9.79. The summed E-state index contributed by atoms with van der Waals surface area (Å²) < 4.78 is 20.9. The Balaban J connectivity index is 1.36. The van der Waals surface area contributed by atoms with Crippen LogP contribution in [0.2, 0.25) is 0 Å². The molecule has 0 unspecified atom stereocenters. The van der Waals surface area contributed by atoms with Crippen LogP contribution in [0.3, 0.4) is 0 Å². The topological polar surface area (TPSA) is 91.3 Å². The van der Waals surface area contributed by atoms with Gasteiger partial charge in [-0.2, -0.15) is 5.10 Å². The van der Waals surface area contributed by atoms with Crippen LogP contribution in [0.5, 0.6) is 5.75 Å². The number of rotatable bonds is 12. The minimum absolute atomic E-state index is 0.164.